The van der Waals surface area contributed by atoms with Crippen LogP contribution in [0.15, 0.2) is 83.8 Å². The first-order valence-corrected chi connectivity index (χ1v) is 9.54. The summed E-state index contributed by atoms with van der Waals surface area (Å²) in [6.07, 6.45) is -4.53. The minimum absolute atomic E-state index is 0.0397. The third-order valence-corrected chi connectivity index (χ3v) is 5.49. The number of carbonyl (C=O) groups excluding carboxylic acids is 1. The van der Waals surface area contributed by atoms with Crippen LogP contribution in [0.1, 0.15) is 16.4 Å². The first kappa shape index (κ1) is 20.3. The van der Waals surface area contributed by atoms with Gasteiger partial charge in [0.2, 0.25) is 5.91 Å². The monoisotopic (exact) mass is 421 g/mol. The van der Waals surface area contributed by atoms with Gasteiger partial charge in [-0.25, -0.2) is 0 Å². The summed E-state index contributed by atoms with van der Waals surface area (Å²) in [5, 5.41) is 1.93. The molecule has 0 bridgehead atoms. The highest BCUT2D eigenvalue weighted by Gasteiger charge is 2.31. The average Bonchev–Trinajstić information content (AvgIpc) is 2.68. The second kappa shape index (κ2) is 8.71. The summed E-state index contributed by atoms with van der Waals surface area (Å²) in [6, 6.07) is 21.2. The lowest BCUT2D eigenvalue weighted by atomic mass is 10.1. The van der Waals surface area contributed by atoms with Crippen LogP contribution < -0.4 is 5.32 Å². The molecule has 0 heterocycles. The number of carbonyl (C=O) groups is 1. The number of anilines is 1. The van der Waals surface area contributed by atoms with Crippen LogP contribution in [-0.2, 0) is 11.0 Å². The molecule has 144 valence electrons. The van der Waals surface area contributed by atoms with Crippen LogP contribution in [0.5, 0.6) is 0 Å². The van der Waals surface area contributed by atoms with E-state index in [0.717, 1.165) is 28.7 Å². The van der Waals surface area contributed by atoms with Crippen molar-refractivity contribution in [1.29, 1.82) is 0 Å². The van der Waals surface area contributed by atoms with Crippen molar-refractivity contribution in [3.8, 4) is 0 Å². The zero-order valence-electron chi connectivity index (χ0n) is 14.4. The van der Waals surface area contributed by atoms with Crippen LogP contribution in [0.25, 0.3) is 0 Å². The van der Waals surface area contributed by atoms with Crippen LogP contribution in [0, 0.1) is 0 Å². The fourth-order valence-electron chi connectivity index (χ4n) is 2.53. The quantitative estimate of drug-likeness (QED) is 0.457. The molecule has 3 aromatic rings. The summed E-state index contributed by atoms with van der Waals surface area (Å²) in [7, 11) is 0. The molecule has 0 aliphatic heterocycles. The Balaban J connectivity index is 1.90. The molecule has 2 nitrogen and oxygen atoms in total. The van der Waals surface area contributed by atoms with Crippen molar-refractivity contribution in [2.75, 3.05) is 5.32 Å². The Kier molecular flexibility index (Phi) is 6.31. The standard InChI is InChI=1S/C21H15ClF3NOS/c22-17-12-11-15(21(23,24)25)13-18(17)26-20(27)19(14-7-3-1-4-8-14)28-16-9-5-2-6-10-16/h1-13,19H,(H,26,27)/t19-/m0/s1. The number of alkyl halides is 3. The van der Waals surface area contributed by atoms with Gasteiger partial charge in [-0.3, -0.25) is 4.79 Å². The molecule has 1 N–H and O–H groups in total. The van der Waals surface area contributed by atoms with Gasteiger partial charge in [-0.15, -0.1) is 11.8 Å². The highest BCUT2D eigenvalue weighted by molar-refractivity contribution is 8.00. The van der Waals surface area contributed by atoms with Gasteiger partial charge in [0, 0.05) is 4.90 Å². The zero-order valence-corrected chi connectivity index (χ0v) is 16.0. The first-order valence-electron chi connectivity index (χ1n) is 8.29. The van der Waals surface area contributed by atoms with Gasteiger partial charge < -0.3 is 5.32 Å². The van der Waals surface area contributed by atoms with Gasteiger partial charge in [0.15, 0.2) is 0 Å². The third-order valence-electron chi connectivity index (χ3n) is 3.89. The lowest BCUT2D eigenvalue weighted by Crippen LogP contribution is -2.19. The van der Waals surface area contributed by atoms with Crippen LogP contribution in [-0.4, -0.2) is 5.91 Å². The predicted octanol–water partition coefficient (Wildman–Crippen LogP) is 6.83. The summed E-state index contributed by atoms with van der Waals surface area (Å²) in [5.41, 5.74) is -0.216. The van der Waals surface area contributed by atoms with Crippen LogP contribution in [0.4, 0.5) is 18.9 Å². The molecular weight excluding hydrogens is 407 g/mol. The molecule has 0 aliphatic carbocycles. The van der Waals surface area contributed by atoms with Crippen molar-refractivity contribution in [2.45, 2.75) is 16.3 Å². The molecule has 7 heteroatoms. The van der Waals surface area contributed by atoms with Crippen molar-refractivity contribution < 1.29 is 18.0 Å². The van der Waals surface area contributed by atoms with Crippen LogP contribution >= 0.6 is 23.4 Å². The van der Waals surface area contributed by atoms with Crippen LogP contribution in [0.2, 0.25) is 5.02 Å². The molecule has 0 saturated carbocycles. The van der Waals surface area contributed by atoms with Crippen molar-refractivity contribution in [1.82, 2.24) is 0 Å². The van der Waals surface area contributed by atoms with Crippen molar-refractivity contribution in [2.24, 2.45) is 0 Å². The summed E-state index contributed by atoms with van der Waals surface area (Å²) in [6.45, 7) is 0. The number of amides is 1. The van der Waals surface area contributed by atoms with E-state index in [4.69, 9.17) is 11.6 Å². The molecule has 28 heavy (non-hydrogen) atoms. The van der Waals surface area contributed by atoms with Gasteiger partial charge in [-0.2, -0.15) is 13.2 Å². The van der Waals surface area contributed by atoms with E-state index < -0.39 is 22.9 Å². The second-order valence-corrected chi connectivity index (χ2v) is 7.49. The lowest BCUT2D eigenvalue weighted by Gasteiger charge is -2.18. The van der Waals surface area contributed by atoms with Gasteiger partial charge in [0.25, 0.3) is 0 Å². The first-order chi connectivity index (χ1) is 13.3. The molecule has 1 amide bonds. The van der Waals surface area contributed by atoms with Gasteiger partial charge in [0.1, 0.15) is 5.25 Å². The van der Waals surface area contributed by atoms with E-state index in [0.29, 0.717) is 0 Å². The van der Waals surface area contributed by atoms with E-state index in [-0.39, 0.29) is 10.7 Å². The minimum atomic E-state index is -4.53. The Bertz CT molecular complexity index is 949. The summed E-state index contributed by atoms with van der Waals surface area (Å²) in [5.74, 6) is -0.457. The molecule has 0 radical (unpaired) electrons. The largest absolute Gasteiger partial charge is 0.416 e. The molecule has 3 aromatic carbocycles. The van der Waals surface area contributed by atoms with E-state index in [1.807, 2.05) is 36.4 Å². The highest BCUT2D eigenvalue weighted by Crippen LogP contribution is 2.38. The Labute approximate surface area is 169 Å². The maximum atomic E-state index is 13.0. The highest BCUT2D eigenvalue weighted by atomic mass is 35.5. The normalized spacial score (nSPS) is 12.4. The van der Waals surface area contributed by atoms with Gasteiger partial charge in [0.05, 0.1) is 16.3 Å². The molecule has 3 rings (SSSR count). The van der Waals surface area contributed by atoms with Gasteiger partial charge in [-0.1, -0.05) is 60.1 Å². The van der Waals surface area contributed by atoms with Crippen LogP contribution in [0.3, 0.4) is 0 Å². The van der Waals surface area contributed by atoms with Crippen molar-refractivity contribution in [3.63, 3.8) is 0 Å². The Morgan fingerprint density at radius 3 is 2.14 bits per heavy atom. The number of halogens is 4. The number of benzene rings is 3. The summed E-state index contributed by atoms with van der Waals surface area (Å²) >= 11 is 7.32. The fraction of sp³-hybridized carbons (Fsp3) is 0.0952. The van der Waals surface area contributed by atoms with Crippen molar-refractivity contribution in [3.05, 3.63) is 95.0 Å². The average molecular weight is 422 g/mol. The molecule has 0 aliphatic rings. The minimum Gasteiger partial charge on any atom is -0.323 e. The van der Waals surface area contributed by atoms with E-state index in [9.17, 15) is 18.0 Å². The van der Waals surface area contributed by atoms with E-state index in [2.05, 4.69) is 5.32 Å². The van der Waals surface area contributed by atoms with Crippen molar-refractivity contribution >= 4 is 35.0 Å². The van der Waals surface area contributed by atoms with E-state index >= 15 is 0 Å². The third kappa shape index (κ3) is 5.09. The number of thioether (sulfide) groups is 1. The number of rotatable bonds is 5. The topological polar surface area (TPSA) is 29.1 Å². The summed E-state index contributed by atoms with van der Waals surface area (Å²) in [4.78, 5) is 13.8. The molecule has 0 spiro atoms. The molecule has 1 atom stereocenters. The smallest absolute Gasteiger partial charge is 0.323 e. The van der Waals surface area contributed by atoms with Gasteiger partial charge in [-0.05, 0) is 35.9 Å². The molecule has 0 aromatic heterocycles. The molecule has 0 unspecified atom stereocenters. The Morgan fingerprint density at radius 2 is 1.54 bits per heavy atom. The maximum Gasteiger partial charge on any atom is 0.416 e. The van der Waals surface area contributed by atoms with Gasteiger partial charge >= 0.3 is 6.18 Å². The van der Waals surface area contributed by atoms with E-state index in [1.54, 1.807) is 24.3 Å². The van der Waals surface area contributed by atoms with E-state index in [1.165, 1.54) is 11.8 Å². The number of nitrogens with one attached hydrogen (secondary N) is 1. The Hall–Kier alpha value is -2.44. The zero-order chi connectivity index (χ0) is 20.1. The molecule has 0 fully saturated rings. The predicted molar refractivity (Wildman–Crippen MR) is 107 cm³/mol. The number of hydrogen-bond donors (Lipinski definition) is 1. The summed E-state index contributed by atoms with van der Waals surface area (Å²) < 4.78 is 39.0. The molecule has 0 saturated heterocycles. The second-order valence-electron chi connectivity index (χ2n) is 5.90. The lowest BCUT2D eigenvalue weighted by molar-refractivity contribution is -0.137. The fourth-order valence-corrected chi connectivity index (χ4v) is 3.74. The Morgan fingerprint density at radius 1 is 0.929 bits per heavy atom. The maximum absolute atomic E-state index is 13.0. The number of hydrogen-bond acceptors (Lipinski definition) is 2. The SMILES string of the molecule is O=C(Nc1cc(C(F)(F)F)ccc1Cl)[C@@H](Sc1ccccc1)c1ccccc1. The molecular formula is C21H15ClF3NOS.